The van der Waals surface area contributed by atoms with Gasteiger partial charge in [-0.25, -0.2) is 9.97 Å². The summed E-state index contributed by atoms with van der Waals surface area (Å²) in [6, 6.07) is 13.5. The Labute approximate surface area is 168 Å². The van der Waals surface area contributed by atoms with Crippen molar-refractivity contribution in [2.24, 2.45) is 0 Å². The van der Waals surface area contributed by atoms with Gasteiger partial charge in [0.1, 0.15) is 0 Å². The third kappa shape index (κ3) is 5.08. The summed E-state index contributed by atoms with van der Waals surface area (Å²) in [5.74, 6) is 0.105. The van der Waals surface area contributed by atoms with Crippen molar-refractivity contribution in [3.05, 3.63) is 70.4 Å². The molecule has 1 aromatic heterocycles. The van der Waals surface area contributed by atoms with Gasteiger partial charge in [0, 0.05) is 22.5 Å². The molecule has 0 fully saturated rings. The Morgan fingerprint density at radius 1 is 1.04 bits per heavy atom. The first-order valence-electron chi connectivity index (χ1n) is 8.52. The lowest BCUT2D eigenvalue weighted by molar-refractivity contribution is -0.113. The van der Waals surface area contributed by atoms with Crippen LogP contribution in [0.4, 0.5) is 5.69 Å². The third-order valence-corrected chi connectivity index (χ3v) is 5.34. The van der Waals surface area contributed by atoms with Gasteiger partial charge in [0.15, 0.2) is 5.16 Å². The number of hydrogen-bond donors (Lipinski definition) is 1. The molecule has 0 bridgehead atoms. The maximum Gasteiger partial charge on any atom is 0.234 e. The van der Waals surface area contributed by atoms with Crippen LogP contribution in [-0.2, 0) is 4.79 Å². The minimum Gasteiger partial charge on any atom is -0.325 e. The van der Waals surface area contributed by atoms with Crippen molar-refractivity contribution in [3.63, 3.8) is 0 Å². The van der Waals surface area contributed by atoms with Crippen LogP contribution in [0, 0.1) is 20.8 Å². The molecule has 27 heavy (non-hydrogen) atoms. The van der Waals surface area contributed by atoms with Gasteiger partial charge in [0.05, 0.1) is 11.4 Å². The van der Waals surface area contributed by atoms with E-state index in [-0.39, 0.29) is 11.7 Å². The number of halogens is 1. The van der Waals surface area contributed by atoms with Gasteiger partial charge < -0.3 is 5.32 Å². The molecule has 1 heterocycles. The molecule has 0 aliphatic rings. The summed E-state index contributed by atoms with van der Waals surface area (Å²) in [6.07, 6.45) is 1.72. The Hall–Kier alpha value is -2.37. The first-order valence-corrected chi connectivity index (χ1v) is 9.88. The fourth-order valence-corrected chi connectivity index (χ4v) is 3.32. The second-order valence-electron chi connectivity index (χ2n) is 6.32. The number of nitrogens with one attached hydrogen (secondary N) is 1. The van der Waals surface area contributed by atoms with Crippen molar-refractivity contribution >= 4 is 35.0 Å². The van der Waals surface area contributed by atoms with Crippen molar-refractivity contribution in [1.82, 2.24) is 9.97 Å². The Bertz CT molecular complexity index is 991. The van der Waals surface area contributed by atoms with E-state index >= 15 is 0 Å². The van der Waals surface area contributed by atoms with Crippen LogP contribution in [-0.4, -0.2) is 21.6 Å². The molecule has 0 radical (unpaired) electrons. The van der Waals surface area contributed by atoms with E-state index in [0.29, 0.717) is 10.2 Å². The van der Waals surface area contributed by atoms with Crippen LogP contribution in [0.25, 0.3) is 11.3 Å². The average molecular weight is 398 g/mol. The van der Waals surface area contributed by atoms with E-state index in [1.165, 1.54) is 22.9 Å². The topological polar surface area (TPSA) is 54.9 Å². The van der Waals surface area contributed by atoms with Crippen LogP contribution in [0.5, 0.6) is 0 Å². The largest absolute Gasteiger partial charge is 0.325 e. The van der Waals surface area contributed by atoms with Crippen molar-refractivity contribution in [1.29, 1.82) is 0 Å². The molecule has 3 rings (SSSR count). The molecule has 1 amide bonds. The fraction of sp³-hybridized carbons (Fsp3) is 0.190. The van der Waals surface area contributed by atoms with Gasteiger partial charge in [-0.2, -0.15) is 0 Å². The minimum atomic E-state index is -0.120. The Morgan fingerprint density at radius 3 is 2.59 bits per heavy atom. The van der Waals surface area contributed by atoms with Gasteiger partial charge in [0.25, 0.3) is 0 Å². The summed E-state index contributed by atoms with van der Waals surface area (Å²) in [4.78, 5) is 21.1. The van der Waals surface area contributed by atoms with Gasteiger partial charge in [0.2, 0.25) is 5.91 Å². The van der Waals surface area contributed by atoms with Crippen molar-refractivity contribution in [2.45, 2.75) is 25.9 Å². The van der Waals surface area contributed by atoms with E-state index in [4.69, 9.17) is 11.6 Å². The van der Waals surface area contributed by atoms with Gasteiger partial charge in [-0.15, -0.1) is 0 Å². The monoisotopic (exact) mass is 397 g/mol. The maximum atomic E-state index is 12.3. The molecule has 0 aliphatic heterocycles. The number of carbonyl (C=O) groups is 1. The number of rotatable bonds is 5. The molecule has 3 aromatic rings. The van der Waals surface area contributed by atoms with E-state index in [2.05, 4.69) is 41.3 Å². The molecule has 0 saturated heterocycles. The quantitative estimate of drug-likeness (QED) is 0.459. The number of hydrogen-bond acceptors (Lipinski definition) is 4. The SMILES string of the molecule is Cc1ccc(-c2ccnc(SCC(=O)Nc3cc(Cl)ccc3C)n2)cc1C. The van der Waals surface area contributed by atoms with Crippen LogP contribution < -0.4 is 5.32 Å². The van der Waals surface area contributed by atoms with Crippen molar-refractivity contribution in [2.75, 3.05) is 11.1 Å². The molecule has 1 N–H and O–H groups in total. The van der Waals surface area contributed by atoms with Crippen LogP contribution in [0.2, 0.25) is 5.02 Å². The maximum absolute atomic E-state index is 12.3. The van der Waals surface area contributed by atoms with Gasteiger partial charge in [-0.3, -0.25) is 4.79 Å². The lowest BCUT2D eigenvalue weighted by Gasteiger charge is -2.09. The van der Waals surface area contributed by atoms with Crippen LogP contribution in [0.1, 0.15) is 16.7 Å². The molecule has 0 unspecified atom stereocenters. The molecule has 138 valence electrons. The molecule has 0 spiro atoms. The summed E-state index contributed by atoms with van der Waals surface area (Å²) < 4.78 is 0. The number of aryl methyl sites for hydroxylation is 3. The summed E-state index contributed by atoms with van der Waals surface area (Å²) in [6.45, 7) is 6.09. The van der Waals surface area contributed by atoms with E-state index in [9.17, 15) is 4.79 Å². The lowest BCUT2D eigenvalue weighted by atomic mass is 10.0. The normalized spacial score (nSPS) is 10.7. The number of anilines is 1. The third-order valence-electron chi connectivity index (χ3n) is 4.24. The number of amides is 1. The van der Waals surface area contributed by atoms with Crippen LogP contribution in [0.3, 0.4) is 0 Å². The number of carbonyl (C=O) groups excluding carboxylic acids is 1. The van der Waals surface area contributed by atoms with Crippen LogP contribution >= 0.6 is 23.4 Å². The minimum absolute atomic E-state index is 0.120. The molecule has 0 atom stereocenters. The van der Waals surface area contributed by atoms with E-state index in [1.807, 2.05) is 25.1 Å². The van der Waals surface area contributed by atoms with Crippen LogP contribution in [0.15, 0.2) is 53.8 Å². The lowest BCUT2D eigenvalue weighted by Crippen LogP contribution is -2.15. The average Bonchev–Trinajstić information content (AvgIpc) is 2.65. The summed E-state index contributed by atoms with van der Waals surface area (Å²) in [7, 11) is 0. The second-order valence-corrected chi connectivity index (χ2v) is 7.70. The smallest absolute Gasteiger partial charge is 0.234 e. The first kappa shape index (κ1) is 19.4. The summed E-state index contributed by atoms with van der Waals surface area (Å²) >= 11 is 7.30. The zero-order valence-corrected chi connectivity index (χ0v) is 17.0. The highest BCUT2D eigenvalue weighted by molar-refractivity contribution is 7.99. The Morgan fingerprint density at radius 2 is 1.81 bits per heavy atom. The molecule has 6 heteroatoms. The number of thioether (sulfide) groups is 1. The predicted octanol–water partition coefficient (Wildman–Crippen LogP) is 5.45. The summed E-state index contributed by atoms with van der Waals surface area (Å²) in [5.41, 5.74) is 6.04. The molecular weight excluding hydrogens is 378 g/mol. The highest BCUT2D eigenvalue weighted by atomic mass is 35.5. The predicted molar refractivity (Wildman–Crippen MR) is 112 cm³/mol. The highest BCUT2D eigenvalue weighted by Crippen LogP contribution is 2.23. The van der Waals surface area contributed by atoms with Crippen molar-refractivity contribution in [3.8, 4) is 11.3 Å². The van der Waals surface area contributed by atoms with Crippen molar-refractivity contribution < 1.29 is 4.79 Å². The fourth-order valence-electron chi connectivity index (χ4n) is 2.52. The molecular formula is C21H20ClN3OS. The number of benzene rings is 2. The molecule has 4 nitrogen and oxygen atoms in total. The van der Waals surface area contributed by atoms with E-state index in [0.717, 1.165) is 22.5 Å². The zero-order valence-electron chi connectivity index (χ0n) is 15.4. The van der Waals surface area contributed by atoms with Gasteiger partial charge in [-0.1, -0.05) is 41.6 Å². The molecule has 2 aromatic carbocycles. The number of aromatic nitrogens is 2. The van der Waals surface area contributed by atoms with E-state index in [1.54, 1.807) is 18.3 Å². The highest BCUT2D eigenvalue weighted by Gasteiger charge is 2.09. The van der Waals surface area contributed by atoms with Gasteiger partial charge >= 0.3 is 0 Å². The summed E-state index contributed by atoms with van der Waals surface area (Å²) in [5, 5.41) is 4.05. The standard InChI is InChI=1S/C21H20ClN3OS/c1-13-4-6-16(10-15(13)3)18-8-9-23-21(25-18)27-12-20(26)24-19-11-17(22)7-5-14(19)2/h4-11H,12H2,1-3H3,(H,24,26). The number of nitrogens with zero attached hydrogens (tertiary/aromatic N) is 2. The first-order chi connectivity index (χ1) is 12.9. The Balaban J connectivity index is 1.67. The molecule has 0 saturated carbocycles. The Kier molecular flexibility index (Phi) is 6.14. The van der Waals surface area contributed by atoms with Gasteiger partial charge in [-0.05, 0) is 61.7 Å². The molecule has 0 aliphatic carbocycles. The second kappa shape index (κ2) is 8.55. The van der Waals surface area contributed by atoms with E-state index < -0.39 is 0 Å². The zero-order chi connectivity index (χ0) is 19.4.